The van der Waals surface area contributed by atoms with Crippen LogP contribution in [0.15, 0.2) is 18.2 Å². The van der Waals surface area contributed by atoms with Gasteiger partial charge in [-0.1, -0.05) is 12.2 Å². The van der Waals surface area contributed by atoms with Gasteiger partial charge in [0, 0.05) is 31.3 Å². The van der Waals surface area contributed by atoms with E-state index in [9.17, 15) is 4.39 Å². The number of nitrogens with two attached hydrogens (primary N) is 1. The monoisotopic (exact) mass is 296 g/mol. The van der Waals surface area contributed by atoms with Crippen LogP contribution >= 0.6 is 12.2 Å². The summed E-state index contributed by atoms with van der Waals surface area (Å²) >= 11 is 4.95. The topological polar surface area (TPSA) is 38.5 Å². The van der Waals surface area contributed by atoms with E-state index in [0.717, 1.165) is 31.7 Å². The second-order valence-electron chi connectivity index (χ2n) is 5.37. The maximum absolute atomic E-state index is 13.9. The summed E-state index contributed by atoms with van der Waals surface area (Å²) in [6.45, 7) is 3.32. The fourth-order valence-corrected chi connectivity index (χ4v) is 2.88. The summed E-state index contributed by atoms with van der Waals surface area (Å²) in [5.41, 5.74) is 6.99. The summed E-state index contributed by atoms with van der Waals surface area (Å²) in [4.78, 5) is 2.58. The van der Waals surface area contributed by atoms with Gasteiger partial charge in [0.15, 0.2) is 0 Å². The minimum absolute atomic E-state index is 0.195. The average Bonchev–Trinajstić information content (AvgIpc) is 2.42. The standard InChI is InChI=1S/C15H21FN2OS/c1-19-10-11-3-2-6-18(8-11)9-13-7-12(15(17)20)4-5-14(13)16/h4-5,7,11H,2-3,6,8-10H2,1H3,(H2,17,20). The van der Waals surface area contributed by atoms with Crippen LogP contribution in [0.3, 0.4) is 0 Å². The Morgan fingerprint density at radius 3 is 3.05 bits per heavy atom. The highest BCUT2D eigenvalue weighted by atomic mass is 32.1. The van der Waals surface area contributed by atoms with Gasteiger partial charge in [0.1, 0.15) is 10.8 Å². The van der Waals surface area contributed by atoms with Crippen molar-refractivity contribution in [2.45, 2.75) is 19.4 Å². The lowest BCUT2D eigenvalue weighted by Crippen LogP contribution is -2.36. The molecule has 3 nitrogen and oxygen atoms in total. The first-order chi connectivity index (χ1) is 9.60. The third kappa shape index (κ3) is 3.98. The predicted molar refractivity (Wildman–Crippen MR) is 82.2 cm³/mol. The molecule has 20 heavy (non-hydrogen) atoms. The fourth-order valence-electron chi connectivity index (χ4n) is 2.76. The fraction of sp³-hybridized carbons (Fsp3) is 0.533. The second-order valence-corrected chi connectivity index (χ2v) is 5.81. The molecule has 1 atom stereocenters. The molecular formula is C15H21FN2OS. The SMILES string of the molecule is COCC1CCCN(Cc2cc(C(N)=S)ccc2F)C1. The van der Waals surface area contributed by atoms with Crippen LogP contribution in [0.2, 0.25) is 0 Å². The van der Waals surface area contributed by atoms with Crippen LogP contribution in [-0.4, -0.2) is 36.7 Å². The Morgan fingerprint density at radius 2 is 2.35 bits per heavy atom. The smallest absolute Gasteiger partial charge is 0.127 e. The molecule has 0 bridgehead atoms. The summed E-state index contributed by atoms with van der Waals surface area (Å²) in [6, 6.07) is 4.84. The molecule has 0 radical (unpaired) electrons. The van der Waals surface area contributed by atoms with Crippen molar-refractivity contribution in [3.05, 3.63) is 35.1 Å². The summed E-state index contributed by atoms with van der Waals surface area (Å²) in [5.74, 6) is 0.342. The molecule has 0 saturated carbocycles. The first-order valence-electron chi connectivity index (χ1n) is 6.89. The zero-order valence-corrected chi connectivity index (χ0v) is 12.6. The van der Waals surface area contributed by atoms with Crippen LogP contribution in [0.5, 0.6) is 0 Å². The molecule has 0 aromatic heterocycles. The summed E-state index contributed by atoms with van der Waals surface area (Å²) < 4.78 is 19.1. The minimum Gasteiger partial charge on any atom is -0.389 e. The van der Waals surface area contributed by atoms with Gasteiger partial charge in [-0.2, -0.15) is 0 Å². The van der Waals surface area contributed by atoms with Gasteiger partial charge in [0.05, 0.1) is 6.61 Å². The lowest BCUT2D eigenvalue weighted by molar-refractivity contribution is 0.0868. The molecule has 1 aromatic rings. The molecule has 0 spiro atoms. The van der Waals surface area contributed by atoms with Crippen molar-refractivity contribution in [3.63, 3.8) is 0 Å². The number of nitrogens with zero attached hydrogens (tertiary/aromatic N) is 1. The molecule has 1 heterocycles. The number of piperidine rings is 1. The molecule has 110 valence electrons. The molecule has 0 aliphatic carbocycles. The van der Waals surface area contributed by atoms with Gasteiger partial charge in [-0.3, -0.25) is 4.90 Å². The molecule has 2 N–H and O–H groups in total. The Kier molecular flexibility index (Phi) is 5.46. The highest BCUT2D eigenvalue weighted by Gasteiger charge is 2.20. The Labute approximate surface area is 124 Å². The highest BCUT2D eigenvalue weighted by Crippen LogP contribution is 2.20. The molecule has 1 aliphatic rings. The van der Waals surface area contributed by atoms with E-state index < -0.39 is 0 Å². The van der Waals surface area contributed by atoms with Gasteiger partial charge in [-0.25, -0.2) is 4.39 Å². The first-order valence-corrected chi connectivity index (χ1v) is 7.30. The van der Waals surface area contributed by atoms with Gasteiger partial charge < -0.3 is 10.5 Å². The number of ether oxygens (including phenoxy) is 1. The lowest BCUT2D eigenvalue weighted by Gasteiger charge is -2.32. The molecule has 0 amide bonds. The van der Waals surface area contributed by atoms with Gasteiger partial charge in [0.2, 0.25) is 0 Å². The molecule has 5 heteroatoms. The van der Waals surface area contributed by atoms with Crippen molar-refractivity contribution in [1.82, 2.24) is 4.90 Å². The van der Waals surface area contributed by atoms with Gasteiger partial charge in [0.25, 0.3) is 0 Å². The molecule has 1 aromatic carbocycles. The van der Waals surface area contributed by atoms with Crippen LogP contribution in [0.25, 0.3) is 0 Å². The van der Waals surface area contributed by atoms with E-state index in [1.807, 2.05) is 0 Å². The molecule has 2 rings (SSSR count). The Hall–Kier alpha value is -1.04. The van der Waals surface area contributed by atoms with Gasteiger partial charge in [-0.05, 0) is 43.5 Å². The number of hydrogen-bond acceptors (Lipinski definition) is 3. The largest absolute Gasteiger partial charge is 0.389 e. The summed E-state index contributed by atoms with van der Waals surface area (Å²) in [7, 11) is 1.73. The minimum atomic E-state index is -0.195. The normalized spacial score (nSPS) is 20.0. The summed E-state index contributed by atoms with van der Waals surface area (Å²) in [6.07, 6.45) is 2.31. The van der Waals surface area contributed by atoms with E-state index in [4.69, 9.17) is 22.7 Å². The molecule has 1 fully saturated rings. The van der Waals surface area contributed by atoms with Crippen molar-refractivity contribution in [1.29, 1.82) is 0 Å². The zero-order chi connectivity index (χ0) is 14.5. The number of rotatable bonds is 5. The zero-order valence-electron chi connectivity index (χ0n) is 11.8. The van der Waals surface area contributed by atoms with E-state index in [1.54, 1.807) is 19.2 Å². The quantitative estimate of drug-likeness (QED) is 0.846. The maximum Gasteiger partial charge on any atom is 0.127 e. The molecule has 1 unspecified atom stereocenters. The second kappa shape index (κ2) is 7.11. The number of halogens is 1. The van der Waals surface area contributed by atoms with Crippen LogP contribution in [0, 0.1) is 11.7 Å². The van der Waals surface area contributed by atoms with E-state index in [2.05, 4.69) is 4.90 Å². The number of hydrogen-bond donors (Lipinski definition) is 1. The predicted octanol–water partition coefficient (Wildman–Crippen LogP) is 2.32. The van der Waals surface area contributed by atoms with Crippen LogP contribution < -0.4 is 5.73 Å². The van der Waals surface area contributed by atoms with E-state index in [-0.39, 0.29) is 5.82 Å². The average molecular weight is 296 g/mol. The van der Waals surface area contributed by atoms with Crippen molar-refractivity contribution < 1.29 is 9.13 Å². The Bertz CT molecular complexity index is 479. The van der Waals surface area contributed by atoms with Gasteiger partial charge >= 0.3 is 0 Å². The molecular weight excluding hydrogens is 275 g/mol. The van der Waals surface area contributed by atoms with Crippen molar-refractivity contribution in [2.24, 2.45) is 11.7 Å². The third-order valence-corrected chi connectivity index (χ3v) is 3.97. The van der Waals surface area contributed by atoms with Crippen LogP contribution in [0.1, 0.15) is 24.0 Å². The maximum atomic E-state index is 13.9. The molecule has 1 aliphatic heterocycles. The Morgan fingerprint density at radius 1 is 1.55 bits per heavy atom. The van der Waals surface area contributed by atoms with Crippen molar-refractivity contribution >= 4 is 17.2 Å². The number of thiocarbonyl (C=S) groups is 1. The van der Waals surface area contributed by atoms with E-state index in [0.29, 0.717) is 23.0 Å². The Balaban J connectivity index is 2.05. The van der Waals surface area contributed by atoms with Crippen molar-refractivity contribution in [2.75, 3.05) is 26.8 Å². The third-order valence-electron chi connectivity index (χ3n) is 3.73. The van der Waals surface area contributed by atoms with Crippen LogP contribution in [0.4, 0.5) is 4.39 Å². The highest BCUT2D eigenvalue weighted by molar-refractivity contribution is 7.80. The summed E-state index contributed by atoms with van der Waals surface area (Å²) in [5, 5.41) is 0. The van der Waals surface area contributed by atoms with Gasteiger partial charge in [-0.15, -0.1) is 0 Å². The number of likely N-dealkylation sites (tertiary alicyclic amines) is 1. The van der Waals surface area contributed by atoms with E-state index in [1.165, 1.54) is 12.5 Å². The van der Waals surface area contributed by atoms with E-state index >= 15 is 0 Å². The van der Waals surface area contributed by atoms with Crippen LogP contribution in [-0.2, 0) is 11.3 Å². The lowest BCUT2D eigenvalue weighted by atomic mass is 9.98. The number of benzene rings is 1. The van der Waals surface area contributed by atoms with Crippen molar-refractivity contribution in [3.8, 4) is 0 Å². The number of methoxy groups -OCH3 is 1. The molecule has 1 saturated heterocycles. The first kappa shape index (κ1) is 15.4.